The van der Waals surface area contributed by atoms with Gasteiger partial charge >= 0.3 is 12.1 Å². The second-order valence-electron chi connectivity index (χ2n) is 6.60. The Morgan fingerprint density at radius 3 is 1.40 bits per heavy atom. The van der Waals surface area contributed by atoms with Crippen molar-refractivity contribution in [1.82, 2.24) is 0 Å². The van der Waals surface area contributed by atoms with Gasteiger partial charge in [-0.2, -0.15) is 0 Å². The molecule has 0 fully saturated rings. The van der Waals surface area contributed by atoms with E-state index < -0.39 is 0 Å². The van der Waals surface area contributed by atoms with Crippen LogP contribution < -0.4 is 20.4 Å². The van der Waals surface area contributed by atoms with Crippen molar-refractivity contribution < 1.29 is 9.59 Å². The molecule has 0 bridgehead atoms. The maximum Gasteiger partial charge on any atom is 0.326 e. The summed E-state index contributed by atoms with van der Waals surface area (Å²) in [5, 5.41) is 5.81. The van der Waals surface area contributed by atoms with Gasteiger partial charge in [0, 0.05) is 35.8 Å². The van der Waals surface area contributed by atoms with E-state index in [1.807, 2.05) is 98.8 Å². The Kier molecular flexibility index (Phi) is 7.05. The summed E-state index contributed by atoms with van der Waals surface area (Å²) < 4.78 is 0. The second-order valence-corrected chi connectivity index (χ2v) is 6.60. The van der Waals surface area contributed by atoms with E-state index in [-0.39, 0.29) is 12.1 Å². The molecule has 0 unspecified atom stereocenters. The van der Waals surface area contributed by atoms with E-state index in [9.17, 15) is 9.59 Å². The maximum absolute atomic E-state index is 12.8. The Bertz CT molecular complexity index is 900. The lowest BCUT2D eigenvalue weighted by Crippen LogP contribution is -2.36. The Morgan fingerprint density at radius 1 is 0.633 bits per heavy atom. The molecule has 0 spiro atoms. The average molecular weight is 402 g/mol. The molecular formula is C24H26N4O2. The fourth-order valence-electron chi connectivity index (χ4n) is 3.14. The molecule has 0 atom stereocenters. The summed E-state index contributed by atoms with van der Waals surface area (Å²) in [5.41, 5.74) is 2.90. The van der Waals surface area contributed by atoms with Gasteiger partial charge in [-0.1, -0.05) is 42.5 Å². The van der Waals surface area contributed by atoms with Gasteiger partial charge in [-0.05, 0) is 56.3 Å². The van der Waals surface area contributed by atoms with E-state index in [0.717, 1.165) is 22.7 Å². The van der Waals surface area contributed by atoms with Gasteiger partial charge in [0.2, 0.25) is 0 Å². The van der Waals surface area contributed by atoms with Crippen molar-refractivity contribution in [1.29, 1.82) is 0 Å². The first kappa shape index (κ1) is 20.9. The van der Waals surface area contributed by atoms with E-state index >= 15 is 0 Å². The van der Waals surface area contributed by atoms with Crippen molar-refractivity contribution in [3.8, 4) is 0 Å². The Labute approximate surface area is 177 Å². The number of nitrogens with zero attached hydrogens (tertiary/aromatic N) is 2. The third-order valence-electron chi connectivity index (χ3n) is 4.63. The first-order chi connectivity index (χ1) is 14.6. The number of hydrogen-bond donors (Lipinski definition) is 2. The highest BCUT2D eigenvalue weighted by Gasteiger charge is 2.18. The predicted octanol–water partition coefficient (Wildman–Crippen LogP) is 5.80. The summed E-state index contributed by atoms with van der Waals surface area (Å²) in [7, 11) is 0. The minimum Gasteiger partial charge on any atom is -0.308 e. The van der Waals surface area contributed by atoms with E-state index in [4.69, 9.17) is 0 Å². The maximum atomic E-state index is 12.8. The van der Waals surface area contributed by atoms with Crippen LogP contribution >= 0.6 is 0 Å². The molecule has 0 radical (unpaired) electrons. The minimum atomic E-state index is -0.224. The zero-order valence-electron chi connectivity index (χ0n) is 17.2. The fourth-order valence-corrected chi connectivity index (χ4v) is 3.14. The zero-order chi connectivity index (χ0) is 21.3. The highest BCUT2D eigenvalue weighted by molar-refractivity contribution is 6.04. The van der Waals surface area contributed by atoms with E-state index in [1.165, 1.54) is 0 Å². The van der Waals surface area contributed by atoms with Crippen molar-refractivity contribution >= 4 is 34.8 Å². The van der Waals surface area contributed by atoms with Crippen molar-refractivity contribution in [2.24, 2.45) is 0 Å². The van der Waals surface area contributed by atoms with Crippen LogP contribution in [0.5, 0.6) is 0 Å². The molecule has 0 saturated heterocycles. The number of nitrogens with one attached hydrogen (secondary N) is 2. The summed E-state index contributed by atoms with van der Waals surface area (Å²) >= 11 is 0. The third-order valence-corrected chi connectivity index (χ3v) is 4.63. The first-order valence-corrected chi connectivity index (χ1v) is 9.99. The van der Waals surface area contributed by atoms with Crippen LogP contribution in [-0.4, -0.2) is 25.2 Å². The monoisotopic (exact) mass is 402 g/mol. The SMILES string of the molecule is CCN(C(=O)Nc1ccccc1)c1cccc(N(CC)C(=O)Nc2ccccc2)c1. The second kappa shape index (κ2) is 10.1. The van der Waals surface area contributed by atoms with Crippen molar-refractivity contribution in [3.63, 3.8) is 0 Å². The molecule has 3 aromatic rings. The average Bonchev–Trinajstić information content (AvgIpc) is 2.76. The number of carbonyl (C=O) groups is 2. The molecule has 154 valence electrons. The van der Waals surface area contributed by atoms with Crippen LogP contribution in [0.4, 0.5) is 32.3 Å². The van der Waals surface area contributed by atoms with Crippen molar-refractivity contribution in [3.05, 3.63) is 84.9 Å². The molecule has 0 aromatic heterocycles. The standard InChI is InChI=1S/C24H26N4O2/c1-3-27(23(29)25-19-12-7-5-8-13-19)21-16-11-17-22(18-21)28(4-2)24(30)26-20-14-9-6-10-15-20/h5-18H,3-4H2,1-2H3,(H,25,29)(H,26,30). The molecule has 4 amide bonds. The number of hydrogen-bond acceptors (Lipinski definition) is 2. The van der Waals surface area contributed by atoms with Crippen LogP contribution in [0.15, 0.2) is 84.9 Å². The fraction of sp³-hybridized carbons (Fsp3) is 0.167. The number of para-hydroxylation sites is 2. The van der Waals surface area contributed by atoms with Gasteiger partial charge in [-0.25, -0.2) is 9.59 Å². The van der Waals surface area contributed by atoms with Gasteiger partial charge in [0.25, 0.3) is 0 Å². The molecule has 0 heterocycles. The summed E-state index contributed by atoms with van der Waals surface area (Å²) in [6.45, 7) is 4.81. The minimum absolute atomic E-state index is 0.224. The molecular weight excluding hydrogens is 376 g/mol. The molecule has 6 heteroatoms. The normalized spacial score (nSPS) is 10.2. The van der Waals surface area contributed by atoms with E-state index in [0.29, 0.717) is 13.1 Å². The van der Waals surface area contributed by atoms with Gasteiger partial charge in [0.15, 0.2) is 0 Å². The summed E-state index contributed by atoms with van der Waals surface area (Å²) in [6, 6.07) is 25.6. The number of anilines is 4. The zero-order valence-corrected chi connectivity index (χ0v) is 17.2. The van der Waals surface area contributed by atoms with Gasteiger partial charge in [-0.3, -0.25) is 9.80 Å². The van der Waals surface area contributed by atoms with Gasteiger partial charge in [0.05, 0.1) is 0 Å². The van der Waals surface area contributed by atoms with Crippen LogP contribution in [0.2, 0.25) is 0 Å². The lowest BCUT2D eigenvalue weighted by atomic mass is 10.2. The van der Waals surface area contributed by atoms with E-state index in [2.05, 4.69) is 10.6 Å². The number of rotatable bonds is 6. The number of urea groups is 2. The quantitative estimate of drug-likeness (QED) is 0.547. The summed E-state index contributed by atoms with van der Waals surface area (Å²) in [6.07, 6.45) is 0. The molecule has 0 aliphatic carbocycles. The van der Waals surface area contributed by atoms with Crippen molar-refractivity contribution in [2.75, 3.05) is 33.5 Å². The Balaban J connectivity index is 1.78. The third kappa shape index (κ3) is 5.17. The van der Waals surface area contributed by atoms with Crippen LogP contribution in [0, 0.1) is 0 Å². The number of amides is 4. The van der Waals surface area contributed by atoms with Gasteiger partial charge < -0.3 is 10.6 Å². The van der Waals surface area contributed by atoms with Crippen LogP contribution in [-0.2, 0) is 0 Å². The number of benzene rings is 3. The largest absolute Gasteiger partial charge is 0.326 e. The van der Waals surface area contributed by atoms with E-state index in [1.54, 1.807) is 9.80 Å². The Hall–Kier alpha value is -3.80. The summed E-state index contributed by atoms with van der Waals surface area (Å²) in [4.78, 5) is 28.9. The molecule has 3 rings (SSSR count). The molecule has 3 aromatic carbocycles. The topological polar surface area (TPSA) is 64.7 Å². The lowest BCUT2D eigenvalue weighted by Gasteiger charge is -2.25. The molecule has 0 aliphatic rings. The van der Waals surface area contributed by atoms with Crippen LogP contribution in [0.1, 0.15) is 13.8 Å². The van der Waals surface area contributed by atoms with Crippen LogP contribution in [0.25, 0.3) is 0 Å². The highest BCUT2D eigenvalue weighted by Crippen LogP contribution is 2.24. The summed E-state index contributed by atoms with van der Waals surface area (Å²) in [5.74, 6) is 0. The molecule has 6 nitrogen and oxygen atoms in total. The Morgan fingerprint density at radius 2 is 1.03 bits per heavy atom. The molecule has 2 N–H and O–H groups in total. The van der Waals surface area contributed by atoms with Gasteiger partial charge in [0.1, 0.15) is 0 Å². The predicted molar refractivity (Wildman–Crippen MR) is 123 cm³/mol. The first-order valence-electron chi connectivity index (χ1n) is 9.99. The number of carbonyl (C=O) groups excluding carboxylic acids is 2. The molecule has 30 heavy (non-hydrogen) atoms. The van der Waals surface area contributed by atoms with Gasteiger partial charge in [-0.15, -0.1) is 0 Å². The van der Waals surface area contributed by atoms with Crippen LogP contribution in [0.3, 0.4) is 0 Å². The smallest absolute Gasteiger partial charge is 0.308 e. The van der Waals surface area contributed by atoms with Crippen molar-refractivity contribution in [2.45, 2.75) is 13.8 Å². The molecule has 0 saturated carbocycles. The lowest BCUT2D eigenvalue weighted by molar-refractivity contribution is 0.256. The molecule has 0 aliphatic heterocycles. The highest BCUT2D eigenvalue weighted by atomic mass is 16.2.